The first kappa shape index (κ1) is 13.5. The zero-order valence-corrected chi connectivity index (χ0v) is 12.0. The molecule has 5 nitrogen and oxygen atoms in total. The number of furan rings is 1. The molecule has 0 fully saturated rings. The second-order valence-electron chi connectivity index (χ2n) is 5.00. The zero-order valence-electron chi connectivity index (χ0n) is 12.0. The molecule has 2 aromatic rings. The van der Waals surface area contributed by atoms with Gasteiger partial charge in [-0.25, -0.2) is 0 Å². The lowest BCUT2D eigenvalue weighted by Crippen LogP contribution is -2.45. The van der Waals surface area contributed by atoms with Crippen molar-refractivity contribution in [3.05, 3.63) is 48.4 Å². The Hall–Kier alpha value is -2.43. The molecule has 5 heteroatoms. The van der Waals surface area contributed by atoms with Gasteiger partial charge in [-0.3, -0.25) is 4.79 Å². The number of carbonyl (C=O) groups is 1. The highest BCUT2D eigenvalue weighted by atomic mass is 16.6. The summed E-state index contributed by atoms with van der Waals surface area (Å²) in [6.45, 7) is 2.12. The van der Waals surface area contributed by atoms with Crippen molar-refractivity contribution < 1.29 is 18.7 Å². The lowest BCUT2D eigenvalue weighted by Gasteiger charge is -2.31. The minimum Gasteiger partial charge on any atom is -0.485 e. The third-order valence-electron chi connectivity index (χ3n) is 3.67. The third kappa shape index (κ3) is 2.59. The van der Waals surface area contributed by atoms with Crippen LogP contribution in [0.1, 0.15) is 18.7 Å². The molecule has 0 saturated heterocycles. The van der Waals surface area contributed by atoms with Crippen molar-refractivity contribution in [2.45, 2.75) is 19.1 Å². The number of rotatable bonds is 3. The fourth-order valence-electron chi connectivity index (χ4n) is 2.28. The van der Waals surface area contributed by atoms with Crippen LogP contribution >= 0.6 is 0 Å². The Morgan fingerprint density at radius 3 is 2.71 bits per heavy atom. The molecule has 110 valence electrons. The van der Waals surface area contributed by atoms with Gasteiger partial charge in [-0.05, 0) is 31.2 Å². The van der Waals surface area contributed by atoms with E-state index in [0.717, 1.165) is 5.76 Å². The Kier molecular flexibility index (Phi) is 3.56. The number of hydrogen-bond acceptors (Lipinski definition) is 4. The number of para-hydroxylation sites is 2. The quantitative estimate of drug-likeness (QED) is 0.871. The van der Waals surface area contributed by atoms with Gasteiger partial charge in [0.15, 0.2) is 11.5 Å². The minimum atomic E-state index is -0.637. The van der Waals surface area contributed by atoms with Gasteiger partial charge in [-0.2, -0.15) is 0 Å². The third-order valence-corrected chi connectivity index (χ3v) is 3.67. The van der Waals surface area contributed by atoms with Crippen molar-refractivity contribution in [3.63, 3.8) is 0 Å². The molecule has 1 aliphatic rings. The maximum Gasteiger partial charge on any atom is 0.267 e. The highest BCUT2D eigenvalue weighted by Crippen LogP contribution is 2.32. The zero-order chi connectivity index (χ0) is 14.8. The van der Waals surface area contributed by atoms with Crippen LogP contribution in [0, 0.1) is 0 Å². The number of nitrogens with zero attached hydrogens (tertiary/aromatic N) is 1. The lowest BCUT2D eigenvalue weighted by molar-refractivity contribution is -0.142. The van der Waals surface area contributed by atoms with Gasteiger partial charge in [0.2, 0.25) is 6.10 Å². The van der Waals surface area contributed by atoms with Crippen molar-refractivity contribution in [3.8, 4) is 11.5 Å². The van der Waals surface area contributed by atoms with Gasteiger partial charge in [-0.1, -0.05) is 12.1 Å². The second-order valence-corrected chi connectivity index (χ2v) is 5.00. The van der Waals surface area contributed by atoms with Gasteiger partial charge in [0.1, 0.15) is 12.4 Å². The standard InChI is InChI=1S/C16H17NO4/c1-11(12-8-5-9-19-12)17(2)16(18)15-10-20-13-6-3-4-7-14(13)21-15/h3-9,11,15H,10H2,1-2H3. The summed E-state index contributed by atoms with van der Waals surface area (Å²) >= 11 is 0. The van der Waals surface area contributed by atoms with Crippen LogP contribution in [-0.2, 0) is 4.79 Å². The summed E-state index contributed by atoms with van der Waals surface area (Å²) in [5, 5.41) is 0. The lowest BCUT2D eigenvalue weighted by atomic mass is 10.2. The van der Waals surface area contributed by atoms with Crippen LogP contribution in [0.2, 0.25) is 0 Å². The van der Waals surface area contributed by atoms with E-state index in [1.165, 1.54) is 0 Å². The summed E-state index contributed by atoms with van der Waals surface area (Å²) in [5.41, 5.74) is 0. The summed E-state index contributed by atoms with van der Waals surface area (Å²) in [5.74, 6) is 1.88. The largest absolute Gasteiger partial charge is 0.485 e. The van der Waals surface area contributed by atoms with Gasteiger partial charge in [0, 0.05) is 7.05 Å². The van der Waals surface area contributed by atoms with Crippen LogP contribution in [-0.4, -0.2) is 30.6 Å². The Morgan fingerprint density at radius 2 is 2.00 bits per heavy atom. The van der Waals surface area contributed by atoms with Crippen LogP contribution < -0.4 is 9.47 Å². The molecule has 1 aromatic heterocycles. The minimum absolute atomic E-state index is 0.131. The van der Waals surface area contributed by atoms with Gasteiger partial charge < -0.3 is 18.8 Å². The molecule has 0 bridgehead atoms. The highest BCUT2D eigenvalue weighted by molar-refractivity contribution is 5.82. The van der Waals surface area contributed by atoms with E-state index >= 15 is 0 Å². The van der Waals surface area contributed by atoms with Gasteiger partial charge in [0.25, 0.3) is 5.91 Å². The van der Waals surface area contributed by atoms with Gasteiger partial charge in [0.05, 0.1) is 12.3 Å². The van der Waals surface area contributed by atoms with E-state index in [1.54, 1.807) is 30.3 Å². The van der Waals surface area contributed by atoms with Crippen molar-refractivity contribution in [2.24, 2.45) is 0 Å². The van der Waals surface area contributed by atoms with Crippen LogP contribution in [0.4, 0.5) is 0 Å². The molecule has 1 amide bonds. The highest BCUT2D eigenvalue weighted by Gasteiger charge is 2.32. The first-order valence-corrected chi connectivity index (χ1v) is 6.85. The number of hydrogen-bond donors (Lipinski definition) is 0. The normalized spacial score (nSPS) is 18.1. The van der Waals surface area contributed by atoms with Crippen molar-refractivity contribution >= 4 is 5.91 Å². The maximum absolute atomic E-state index is 12.5. The number of likely N-dealkylation sites (N-methyl/N-ethyl adjacent to an activating group) is 1. The summed E-state index contributed by atoms with van der Waals surface area (Å²) in [6.07, 6.45) is 0.961. The molecule has 1 aromatic carbocycles. The SMILES string of the molecule is CC(c1ccco1)N(C)C(=O)C1COc2ccccc2O1. The number of amides is 1. The Balaban J connectivity index is 1.71. The van der Waals surface area contributed by atoms with Crippen molar-refractivity contribution in [1.82, 2.24) is 4.90 Å². The van der Waals surface area contributed by atoms with Crippen molar-refractivity contribution in [1.29, 1.82) is 0 Å². The molecule has 0 aliphatic carbocycles. The first-order valence-electron chi connectivity index (χ1n) is 6.85. The van der Waals surface area contributed by atoms with Crippen LogP contribution in [0.5, 0.6) is 11.5 Å². The van der Waals surface area contributed by atoms with E-state index in [4.69, 9.17) is 13.9 Å². The molecule has 2 unspecified atom stereocenters. The molecule has 1 aliphatic heterocycles. The smallest absolute Gasteiger partial charge is 0.267 e. The molecule has 0 saturated carbocycles. The Labute approximate surface area is 123 Å². The molecular weight excluding hydrogens is 270 g/mol. The van der Waals surface area contributed by atoms with Crippen molar-refractivity contribution in [2.75, 3.05) is 13.7 Å². The van der Waals surface area contributed by atoms with Crippen LogP contribution in [0.25, 0.3) is 0 Å². The summed E-state index contributed by atoms with van der Waals surface area (Å²) in [4.78, 5) is 14.1. The average Bonchev–Trinajstić information content (AvgIpc) is 3.06. The fraction of sp³-hybridized carbons (Fsp3) is 0.312. The Morgan fingerprint density at radius 1 is 1.24 bits per heavy atom. The summed E-state index contributed by atoms with van der Waals surface area (Å²) in [7, 11) is 1.74. The van der Waals surface area contributed by atoms with Gasteiger partial charge in [-0.15, -0.1) is 0 Å². The summed E-state index contributed by atoms with van der Waals surface area (Å²) < 4.78 is 16.7. The van der Waals surface area contributed by atoms with Crippen LogP contribution in [0.3, 0.4) is 0 Å². The number of carbonyl (C=O) groups excluding carboxylic acids is 1. The molecule has 21 heavy (non-hydrogen) atoms. The molecule has 0 N–H and O–H groups in total. The number of benzene rings is 1. The molecule has 2 heterocycles. The molecular formula is C16H17NO4. The van der Waals surface area contributed by atoms with Crippen LogP contribution in [0.15, 0.2) is 47.1 Å². The number of fused-ring (bicyclic) bond motifs is 1. The second kappa shape index (κ2) is 5.52. The number of ether oxygens (including phenoxy) is 2. The predicted molar refractivity (Wildman–Crippen MR) is 76.2 cm³/mol. The summed E-state index contributed by atoms with van der Waals surface area (Å²) in [6, 6.07) is 10.8. The fourth-order valence-corrected chi connectivity index (χ4v) is 2.28. The molecule has 0 radical (unpaired) electrons. The molecule has 3 rings (SSSR count). The van der Waals surface area contributed by atoms with E-state index in [-0.39, 0.29) is 18.6 Å². The predicted octanol–water partition coefficient (Wildman–Crippen LogP) is 2.64. The molecule has 2 atom stereocenters. The topological polar surface area (TPSA) is 51.9 Å². The monoisotopic (exact) mass is 287 g/mol. The van der Waals surface area contributed by atoms with E-state index in [1.807, 2.05) is 31.2 Å². The van der Waals surface area contributed by atoms with Gasteiger partial charge >= 0.3 is 0 Å². The Bertz CT molecular complexity index is 623. The molecule has 0 spiro atoms. The first-order chi connectivity index (χ1) is 10.2. The van der Waals surface area contributed by atoms with E-state index in [9.17, 15) is 4.79 Å². The average molecular weight is 287 g/mol. The van der Waals surface area contributed by atoms with E-state index in [2.05, 4.69) is 0 Å². The van der Waals surface area contributed by atoms with E-state index < -0.39 is 6.10 Å². The van der Waals surface area contributed by atoms with E-state index in [0.29, 0.717) is 11.5 Å². The maximum atomic E-state index is 12.5.